The zero-order valence-corrected chi connectivity index (χ0v) is 8.59. The van der Waals surface area contributed by atoms with Crippen LogP contribution in [-0.4, -0.2) is 0 Å². The predicted molar refractivity (Wildman–Crippen MR) is 61.7 cm³/mol. The first-order chi connectivity index (χ1) is 6.24. The molecule has 0 spiro atoms. The van der Waals surface area contributed by atoms with Crippen molar-refractivity contribution in [2.45, 2.75) is 20.3 Å². The number of allylic oxidation sites excluding steroid dienone is 8. The van der Waals surface area contributed by atoms with Crippen LogP contribution in [0.25, 0.3) is 0 Å². The molecule has 0 N–H and O–H groups in total. The summed E-state index contributed by atoms with van der Waals surface area (Å²) in [4.78, 5) is 0. The number of hydrogen-bond donors (Lipinski definition) is 0. The lowest BCUT2D eigenvalue weighted by molar-refractivity contribution is 1.14. The first-order valence-electron chi connectivity index (χ1n) is 4.47. The largest absolute Gasteiger partial charge is 0.0991 e. The molecule has 0 bridgehead atoms. The van der Waals surface area contributed by atoms with E-state index in [4.69, 9.17) is 0 Å². The average Bonchev–Trinajstić information content (AvgIpc) is 2.14. The van der Waals surface area contributed by atoms with Crippen LogP contribution in [0.5, 0.6) is 0 Å². The molecule has 0 aromatic rings. The lowest BCUT2D eigenvalue weighted by Gasteiger charge is -2.00. The second-order valence-electron chi connectivity index (χ2n) is 2.88. The highest BCUT2D eigenvalue weighted by atomic mass is 14.0. The molecule has 0 saturated carbocycles. The van der Waals surface area contributed by atoms with Crippen molar-refractivity contribution in [1.29, 1.82) is 0 Å². The van der Waals surface area contributed by atoms with E-state index in [9.17, 15) is 0 Å². The van der Waals surface area contributed by atoms with Crippen molar-refractivity contribution in [3.05, 3.63) is 60.8 Å². The molecule has 0 aliphatic carbocycles. The van der Waals surface area contributed by atoms with Gasteiger partial charge in [0.15, 0.2) is 0 Å². The molecule has 0 nitrogen and oxygen atoms in total. The second kappa shape index (κ2) is 7.35. The van der Waals surface area contributed by atoms with Crippen molar-refractivity contribution < 1.29 is 0 Å². The Hall–Kier alpha value is -1.30. The molecule has 0 unspecified atom stereocenters. The fourth-order valence-corrected chi connectivity index (χ4v) is 0.940. The van der Waals surface area contributed by atoms with E-state index in [1.54, 1.807) is 6.08 Å². The van der Waals surface area contributed by atoms with E-state index < -0.39 is 0 Å². The summed E-state index contributed by atoms with van der Waals surface area (Å²) >= 11 is 0. The summed E-state index contributed by atoms with van der Waals surface area (Å²) in [5, 5.41) is 0. The Morgan fingerprint density at radius 3 is 2.38 bits per heavy atom. The van der Waals surface area contributed by atoms with Gasteiger partial charge in [-0.2, -0.15) is 0 Å². The molecule has 0 aromatic heterocycles. The van der Waals surface area contributed by atoms with Crippen molar-refractivity contribution in [1.82, 2.24) is 0 Å². The highest BCUT2D eigenvalue weighted by Gasteiger charge is 1.91. The minimum absolute atomic E-state index is 0.979. The topological polar surface area (TPSA) is 0 Å². The Labute approximate surface area is 81.7 Å². The average molecular weight is 174 g/mol. The minimum atomic E-state index is 0.979. The summed E-state index contributed by atoms with van der Waals surface area (Å²) in [6, 6.07) is 0. The van der Waals surface area contributed by atoms with Gasteiger partial charge in [0.1, 0.15) is 0 Å². The molecule has 0 aliphatic rings. The van der Waals surface area contributed by atoms with Gasteiger partial charge in [-0.25, -0.2) is 0 Å². The van der Waals surface area contributed by atoms with Crippen LogP contribution >= 0.6 is 0 Å². The van der Waals surface area contributed by atoms with Gasteiger partial charge < -0.3 is 0 Å². The number of rotatable bonds is 5. The summed E-state index contributed by atoms with van der Waals surface area (Å²) < 4.78 is 0. The Balaban J connectivity index is 4.44. The molecule has 0 fully saturated rings. The maximum Gasteiger partial charge on any atom is -0.00700 e. The Morgan fingerprint density at radius 1 is 1.23 bits per heavy atom. The van der Waals surface area contributed by atoms with Crippen molar-refractivity contribution in [3.8, 4) is 0 Å². The fraction of sp³-hybridized carbons (Fsp3) is 0.231. The maximum absolute atomic E-state index is 3.69. The Kier molecular flexibility index (Phi) is 6.62. The molecule has 0 atom stereocenters. The molecular formula is C13H18. The van der Waals surface area contributed by atoms with Crippen LogP contribution in [0.15, 0.2) is 60.8 Å². The van der Waals surface area contributed by atoms with Crippen LogP contribution in [0, 0.1) is 0 Å². The van der Waals surface area contributed by atoms with Gasteiger partial charge in [-0.1, -0.05) is 55.2 Å². The van der Waals surface area contributed by atoms with Crippen molar-refractivity contribution >= 4 is 0 Å². The van der Waals surface area contributed by atoms with Crippen LogP contribution in [-0.2, 0) is 0 Å². The molecule has 0 amide bonds. The Morgan fingerprint density at radius 2 is 1.92 bits per heavy atom. The molecular weight excluding hydrogens is 156 g/mol. The zero-order chi connectivity index (χ0) is 10.1. The molecule has 0 heterocycles. The second-order valence-corrected chi connectivity index (χ2v) is 2.88. The normalized spacial score (nSPS) is 13.4. The molecule has 0 aromatic carbocycles. The van der Waals surface area contributed by atoms with Crippen LogP contribution in [0.1, 0.15) is 20.3 Å². The minimum Gasteiger partial charge on any atom is -0.0991 e. The van der Waals surface area contributed by atoms with E-state index in [0.29, 0.717) is 0 Å². The van der Waals surface area contributed by atoms with Gasteiger partial charge in [0.2, 0.25) is 0 Å². The lowest BCUT2D eigenvalue weighted by atomic mass is 10.1. The first kappa shape index (κ1) is 11.7. The van der Waals surface area contributed by atoms with Gasteiger partial charge in [0.05, 0.1) is 0 Å². The van der Waals surface area contributed by atoms with E-state index >= 15 is 0 Å². The highest BCUT2D eigenvalue weighted by molar-refractivity contribution is 5.29. The van der Waals surface area contributed by atoms with Crippen LogP contribution in [0.4, 0.5) is 0 Å². The van der Waals surface area contributed by atoms with Crippen LogP contribution in [0.2, 0.25) is 0 Å². The quantitative estimate of drug-likeness (QED) is 0.433. The standard InChI is InChI=1S/C13H18/c1-5-8-10-13(9-6-2)11-12(4)7-3/h5-10H,1-2,11H2,3-4H3. The molecule has 0 aliphatic heterocycles. The molecule has 70 valence electrons. The van der Waals surface area contributed by atoms with E-state index in [2.05, 4.69) is 39.2 Å². The van der Waals surface area contributed by atoms with Gasteiger partial charge in [-0.05, 0) is 25.8 Å². The molecule has 0 radical (unpaired) electrons. The molecule has 13 heavy (non-hydrogen) atoms. The third-order valence-corrected chi connectivity index (χ3v) is 1.75. The first-order valence-corrected chi connectivity index (χ1v) is 4.47. The van der Waals surface area contributed by atoms with Crippen LogP contribution in [0.3, 0.4) is 0 Å². The number of hydrogen-bond acceptors (Lipinski definition) is 0. The van der Waals surface area contributed by atoms with Crippen LogP contribution < -0.4 is 0 Å². The van der Waals surface area contributed by atoms with Crippen molar-refractivity contribution in [2.24, 2.45) is 0 Å². The Bertz CT molecular complexity index is 249. The van der Waals surface area contributed by atoms with E-state index in [-0.39, 0.29) is 0 Å². The van der Waals surface area contributed by atoms with Gasteiger partial charge in [-0.15, -0.1) is 0 Å². The van der Waals surface area contributed by atoms with Crippen molar-refractivity contribution in [3.63, 3.8) is 0 Å². The van der Waals surface area contributed by atoms with Gasteiger partial charge in [0, 0.05) is 0 Å². The third kappa shape index (κ3) is 5.92. The highest BCUT2D eigenvalue weighted by Crippen LogP contribution is 2.11. The monoisotopic (exact) mass is 174 g/mol. The van der Waals surface area contributed by atoms with E-state index in [1.165, 1.54) is 11.1 Å². The van der Waals surface area contributed by atoms with Gasteiger partial charge in [0.25, 0.3) is 0 Å². The molecule has 0 saturated heterocycles. The van der Waals surface area contributed by atoms with Gasteiger partial charge >= 0.3 is 0 Å². The summed E-state index contributed by atoms with van der Waals surface area (Å²) in [7, 11) is 0. The fourth-order valence-electron chi connectivity index (χ4n) is 0.940. The summed E-state index contributed by atoms with van der Waals surface area (Å²) in [6.45, 7) is 11.5. The SMILES string of the molecule is C=CC=CC(=CC=C)CC(C)=CC. The predicted octanol–water partition coefficient (Wildman–Crippen LogP) is 4.20. The molecule has 0 heteroatoms. The zero-order valence-electron chi connectivity index (χ0n) is 8.59. The van der Waals surface area contributed by atoms with Gasteiger partial charge in [-0.3, -0.25) is 0 Å². The van der Waals surface area contributed by atoms with E-state index in [0.717, 1.165) is 6.42 Å². The maximum atomic E-state index is 3.69. The van der Waals surface area contributed by atoms with Crippen molar-refractivity contribution in [2.75, 3.05) is 0 Å². The van der Waals surface area contributed by atoms with E-state index in [1.807, 2.05) is 18.2 Å². The smallest absolute Gasteiger partial charge is 0.00700 e. The third-order valence-electron chi connectivity index (χ3n) is 1.75. The summed E-state index contributed by atoms with van der Waals surface area (Å²) in [5.74, 6) is 0. The summed E-state index contributed by atoms with van der Waals surface area (Å²) in [6.07, 6.45) is 12.7. The molecule has 0 rings (SSSR count). The summed E-state index contributed by atoms with van der Waals surface area (Å²) in [5.41, 5.74) is 2.62. The lowest BCUT2D eigenvalue weighted by Crippen LogP contribution is -1.80.